The van der Waals surface area contributed by atoms with Gasteiger partial charge in [-0.25, -0.2) is 0 Å². The molecule has 0 aliphatic carbocycles. The minimum Gasteiger partial charge on any atom is -0.289 e. The van der Waals surface area contributed by atoms with Crippen LogP contribution in [0.2, 0.25) is 0 Å². The summed E-state index contributed by atoms with van der Waals surface area (Å²) in [5.74, 6) is 0. The van der Waals surface area contributed by atoms with Crippen molar-refractivity contribution in [2.75, 3.05) is 6.54 Å². The van der Waals surface area contributed by atoms with Crippen LogP contribution in [0.1, 0.15) is 43.6 Å². The molecule has 1 aliphatic rings. The Balaban J connectivity index is 1.75. The Kier molecular flexibility index (Phi) is 4.11. The topological polar surface area (TPSA) is 34.0 Å². The van der Waals surface area contributed by atoms with Gasteiger partial charge < -0.3 is 0 Å². The van der Waals surface area contributed by atoms with Crippen molar-refractivity contribution in [3.63, 3.8) is 0 Å². The summed E-state index contributed by atoms with van der Waals surface area (Å²) < 4.78 is 2.00. The number of rotatable bonds is 4. The Labute approximate surface area is 120 Å². The average molecular weight is 270 g/mol. The van der Waals surface area contributed by atoms with Gasteiger partial charge in [-0.2, -0.15) is 5.10 Å². The highest BCUT2D eigenvalue weighted by Crippen LogP contribution is 2.30. The largest absolute Gasteiger partial charge is 0.289 e. The fraction of sp³-hybridized carbons (Fsp3) is 0.500. The van der Waals surface area contributed by atoms with Gasteiger partial charge in [0.05, 0.1) is 17.4 Å². The zero-order chi connectivity index (χ0) is 13.8. The van der Waals surface area contributed by atoms with Crippen molar-refractivity contribution < 1.29 is 0 Å². The van der Waals surface area contributed by atoms with Gasteiger partial charge in [-0.15, -0.1) is 0 Å². The normalized spacial score (nSPS) is 20.1. The van der Waals surface area contributed by atoms with Gasteiger partial charge >= 0.3 is 0 Å². The minimum atomic E-state index is 0.441. The molecule has 2 aromatic heterocycles. The van der Waals surface area contributed by atoms with E-state index in [1.165, 1.54) is 25.0 Å². The number of hydrogen-bond acceptors (Lipinski definition) is 3. The van der Waals surface area contributed by atoms with Gasteiger partial charge in [0.2, 0.25) is 0 Å². The minimum absolute atomic E-state index is 0.441. The number of pyridine rings is 1. The van der Waals surface area contributed by atoms with Crippen LogP contribution in [-0.2, 0) is 13.1 Å². The van der Waals surface area contributed by atoms with Gasteiger partial charge in [0.1, 0.15) is 0 Å². The summed E-state index contributed by atoms with van der Waals surface area (Å²) in [6, 6.07) is 8.79. The Morgan fingerprint density at radius 3 is 2.95 bits per heavy atom. The van der Waals surface area contributed by atoms with E-state index in [1.807, 2.05) is 16.9 Å². The molecule has 0 N–H and O–H groups in total. The molecule has 0 saturated carbocycles. The Morgan fingerprint density at radius 1 is 1.25 bits per heavy atom. The molecule has 1 saturated heterocycles. The molecule has 0 aromatic carbocycles. The van der Waals surface area contributed by atoms with E-state index in [1.54, 1.807) is 0 Å². The SMILES string of the molecule is CCn1ccc(CN2CCCC[C@H]2c2ccccn2)n1. The summed E-state index contributed by atoms with van der Waals surface area (Å²) in [4.78, 5) is 7.07. The van der Waals surface area contributed by atoms with Gasteiger partial charge in [-0.1, -0.05) is 12.5 Å². The Morgan fingerprint density at radius 2 is 2.20 bits per heavy atom. The first kappa shape index (κ1) is 13.3. The van der Waals surface area contributed by atoms with E-state index >= 15 is 0 Å². The van der Waals surface area contributed by atoms with Gasteiger partial charge in [-0.3, -0.25) is 14.6 Å². The number of aromatic nitrogens is 3. The fourth-order valence-corrected chi connectivity index (χ4v) is 2.96. The maximum atomic E-state index is 4.61. The number of piperidine rings is 1. The monoisotopic (exact) mass is 270 g/mol. The third-order valence-corrected chi connectivity index (χ3v) is 4.03. The molecule has 0 spiro atoms. The van der Waals surface area contributed by atoms with Crippen LogP contribution in [0.3, 0.4) is 0 Å². The molecule has 106 valence electrons. The lowest BCUT2D eigenvalue weighted by Gasteiger charge is -2.34. The number of hydrogen-bond donors (Lipinski definition) is 0. The zero-order valence-electron chi connectivity index (χ0n) is 12.1. The maximum Gasteiger partial charge on any atom is 0.0765 e. The Hall–Kier alpha value is -1.68. The van der Waals surface area contributed by atoms with Crippen LogP contribution >= 0.6 is 0 Å². The summed E-state index contributed by atoms with van der Waals surface area (Å²) in [7, 11) is 0. The first-order valence-electron chi connectivity index (χ1n) is 7.54. The van der Waals surface area contributed by atoms with Crippen molar-refractivity contribution in [3.8, 4) is 0 Å². The highest BCUT2D eigenvalue weighted by molar-refractivity contribution is 5.10. The van der Waals surface area contributed by atoms with Gasteiger partial charge in [0.15, 0.2) is 0 Å². The van der Waals surface area contributed by atoms with Crippen LogP contribution in [0.25, 0.3) is 0 Å². The quantitative estimate of drug-likeness (QED) is 0.856. The molecular formula is C16H22N4. The van der Waals surface area contributed by atoms with Gasteiger partial charge in [0.25, 0.3) is 0 Å². The van der Waals surface area contributed by atoms with E-state index in [0.29, 0.717) is 6.04 Å². The van der Waals surface area contributed by atoms with Crippen molar-refractivity contribution in [1.29, 1.82) is 0 Å². The maximum absolute atomic E-state index is 4.61. The molecule has 0 bridgehead atoms. The molecule has 0 unspecified atom stereocenters. The summed E-state index contributed by atoms with van der Waals surface area (Å²) in [6.07, 6.45) is 7.73. The van der Waals surface area contributed by atoms with E-state index in [9.17, 15) is 0 Å². The predicted octanol–water partition coefficient (Wildman–Crippen LogP) is 3.03. The van der Waals surface area contributed by atoms with Crippen molar-refractivity contribution in [1.82, 2.24) is 19.7 Å². The number of likely N-dealkylation sites (tertiary alicyclic amines) is 1. The first-order valence-corrected chi connectivity index (χ1v) is 7.54. The van der Waals surface area contributed by atoms with Crippen molar-refractivity contribution in [3.05, 3.63) is 48.0 Å². The smallest absolute Gasteiger partial charge is 0.0765 e. The molecule has 3 heterocycles. The highest BCUT2D eigenvalue weighted by atomic mass is 15.3. The van der Waals surface area contributed by atoms with E-state index in [2.05, 4.69) is 46.3 Å². The molecule has 3 rings (SSSR count). The first-order chi connectivity index (χ1) is 9.86. The zero-order valence-corrected chi connectivity index (χ0v) is 12.1. The van der Waals surface area contributed by atoms with E-state index in [0.717, 1.165) is 25.3 Å². The van der Waals surface area contributed by atoms with Crippen LogP contribution in [0.5, 0.6) is 0 Å². The molecule has 1 aliphatic heterocycles. The molecule has 1 fully saturated rings. The number of nitrogens with zero attached hydrogens (tertiary/aromatic N) is 4. The molecule has 20 heavy (non-hydrogen) atoms. The van der Waals surface area contributed by atoms with Crippen molar-refractivity contribution >= 4 is 0 Å². The predicted molar refractivity (Wildman–Crippen MR) is 79.1 cm³/mol. The second kappa shape index (κ2) is 6.18. The van der Waals surface area contributed by atoms with Crippen LogP contribution in [0.4, 0.5) is 0 Å². The number of aryl methyl sites for hydroxylation is 1. The average Bonchev–Trinajstić information content (AvgIpc) is 2.96. The molecule has 0 radical (unpaired) electrons. The summed E-state index contributed by atoms with van der Waals surface area (Å²) in [5.41, 5.74) is 2.36. The van der Waals surface area contributed by atoms with Crippen LogP contribution < -0.4 is 0 Å². The second-order valence-electron chi connectivity index (χ2n) is 5.40. The van der Waals surface area contributed by atoms with Crippen LogP contribution in [0, 0.1) is 0 Å². The van der Waals surface area contributed by atoms with Crippen molar-refractivity contribution in [2.45, 2.75) is 45.3 Å². The summed E-state index contributed by atoms with van der Waals surface area (Å²) >= 11 is 0. The molecule has 2 aromatic rings. The molecule has 4 heteroatoms. The van der Waals surface area contributed by atoms with Gasteiger partial charge in [0, 0.05) is 25.5 Å². The van der Waals surface area contributed by atoms with Crippen LogP contribution in [-0.4, -0.2) is 26.2 Å². The fourth-order valence-electron chi connectivity index (χ4n) is 2.96. The third-order valence-electron chi connectivity index (χ3n) is 4.03. The summed E-state index contributed by atoms with van der Waals surface area (Å²) in [5, 5.41) is 4.61. The molecular weight excluding hydrogens is 248 g/mol. The lowest BCUT2D eigenvalue weighted by atomic mass is 9.98. The lowest BCUT2D eigenvalue weighted by molar-refractivity contribution is 0.135. The highest BCUT2D eigenvalue weighted by Gasteiger charge is 2.25. The Bertz CT molecular complexity index is 534. The molecule has 0 amide bonds. The summed E-state index contributed by atoms with van der Waals surface area (Å²) in [6.45, 7) is 5.12. The van der Waals surface area contributed by atoms with E-state index < -0.39 is 0 Å². The third kappa shape index (κ3) is 2.90. The van der Waals surface area contributed by atoms with Gasteiger partial charge in [-0.05, 0) is 44.5 Å². The van der Waals surface area contributed by atoms with E-state index in [-0.39, 0.29) is 0 Å². The van der Waals surface area contributed by atoms with E-state index in [4.69, 9.17) is 0 Å². The molecule has 4 nitrogen and oxygen atoms in total. The lowest BCUT2D eigenvalue weighted by Crippen LogP contribution is -2.33. The standard InChI is InChI=1S/C16H22N4/c1-2-20-12-9-14(18-20)13-19-11-6-4-8-16(19)15-7-3-5-10-17-15/h3,5,7,9-10,12,16H,2,4,6,8,11,13H2,1H3/t16-/m0/s1. The van der Waals surface area contributed by atoms with Crippen molar-refractivity contribution in [2.24, 2.45) is 0 Å². The van der Waals surface area contributed by atoms with Crippen LogP contribution in [0.15, 0.2) is 36.7 Å². The second-order valence-corrected chi connectivity index (χ2v) is 5.40. The molecule has 1 atom stereocenters.